The molecule has 1 nitrogen and oxygen atoms in total. The lowest BCUT2D eigenvalue weighted by Gasteiger charge is -1.97. The van der Waals surface area contributed by atoms with Gasteiger partial charge >= 0.3 is 0 Å². The molecule has 1 rings (SSSR count). The molecule has 0 saturated heterocycles. The summed E-state index contributed by atoms with van der Waals surface area (Å²) in [5.41, 5.74) is 7.81. The first-order chi connectivity index (χ1) is 4.75. The van der Waals surface area contributed by atoms with E-state index in [0.717, 1.165) is 5.57 Å². The minimum atomic E-state index is 0.617. The van der Waals surface area contributed by atoms with Crippen LogP contribution >= 0.6 is 11.3 Å². The first-order valence-corrected chi connectivity index (χ1v) is 4.06. The zero-order chi connectivity index (χ0) is 7.56. The first kappa shape index (κ1) is 7.51. The molecule has 0 atom stereocenters. The Balaban J connectivity index is 3.01. The third-order valence-electron chi connectivity index (χ3n) is 1.35. The van der Waals surface area contributed by atoms with Gasteiger partial charge < -0.3 is 5.73 Å². The van der Waals surface area contributed by atoms with Crippen LogP contribution in [0.5, 0.6) is 0 Å². The van der Waals surface area contributed by atoms with Crippen LogP contribution < -0.4 is 5.73 Å². The summed E-state index contributed by atoms with van der Waals surface area (Å²) in [6.07, 6.45) is 0. The van der Waals surface area contributed by atoms with E-state index in [-0.39, 0.29) is 0 Å². The third-order valence-corrected chi connectivity index (χ3v) is 2.47. The molecule has 0 aromatic carbocycles. The second-order valence-corrected chi connectivity index (χ2v) is 3.18. The standard InChI is InChI=1S/C8H11NS/c1-6(2)8-7(5-9)3-4-10-8/h3-4H,1,5,9H2,2H3. The molecule has 0 saturated carbocycles. The van der Waals surface area contributed by atoms with Crippen molar-refractivity contribution < 1.29 is 0 Å². The van der Waals surface area contributed by atoms with Crippen molar-refractivity contribution in [1.82, 2.24) is 0 Å². The quantitative estimate of drug-likeness (QED) is 0.692. The van der Waals surface area contributed by atoms with E-state index in [2.05, 4.69) is 12.6 Å². The molecule has 2 heteroatoms. The average Bonchev–Trinajstić information content (AvgIpc) is 2.33. The zero-order valence-electron chi connectivity index (χ0n) is 6.05. The van der Waals surface area contributed by atoms with Crippen molar-refractivity contribution >= 4 is 16.9 Å². The molecule has 0 amide bonds. The summed E-state index contributed by atoms with van der Waals surface area (Å²) >= 11 is 1.70. The van der Waals surface area contributed by atoms with E-state index in [1.54, 1.807) is 11.3 Å². The molecule has 1 heterocycles. The van der Waals surface area contributed by atoms with Crippen molar-refractivity contribution in [3.05, 3.63) is 28.5 Å². The normalized spacial score (nSPS) is 9.80. The average molecular weight is 153 g/mol. The maximum absolute atomic E-state index is 5.50. The van der Waals surface area contributed by atoms with Gasteiger partial charge in [-0.3, -0.25) is 0 Å². The highest BCUT2D eigenvalue weighted by molar-refractivity contribution is 7.11. The number of hydrogen-bond donors (Lipinski definition) is 1. The number of rotatable bonds is 2. The van der Waals surface area contributed by atoms with E-state index < -0.39 is 0 Å². The highest BCUT2D eigenvalue weighted by Gasteiger charge is 2.00. The van der Waals surface area contributed by atoms with Gasteiger partial charge in [0.15, 0.2) is 0 Å². The van der Waals surface area contributed by atoms with Crippen molar-refractivity contribution in [3.63, 3.8) is 0 Å². The lowest BCUT2D eigenvalue weighted by molar-refractivity contribution is 1.08. The topological polar surface area (TPSA) is 26.0 Å². The van der Waals surface area contributed by atoms with Crippen LogP contribution in [0.3, 0.4) is 0 Å². The van der Waals surface area contributed by atoms with Gasteiger partial charge in [0, 0.05) is 11.4 Å². The molecule has 10 heavy (non-hydrogen) atoms. The van der Waals surface area contributed by atoms with E-state index in [0.29, 0.717) is 6.54 Å². The Morgan fingerprint density at radius 3 is 2.90 bits per heavy atom. The van der Waals surface area contributed by atoms with Crippen LogP contribution in [0, 0.1) is 0 Å². The third kappa shape index (κ3) is 1.28. The van der Waals surface area contributed by atoms with Crippen molar-refractivity contribution in [2.75, 3.05) is 0 Å². The molecule has 0 bridgehead atoms. The smallest absolute Gasteiger partial charge is 0.0338 e. The summed E-state index contributed by atoms with van der Waals surface area (Å²) in [6.45, 7) is 6.48. The van der Waals surface area contributed by atoms with Crippen molar-refractivity contribution in [2.24, 2.45) is 5.73 Å². The van der Waals surface area contributed by atoms with E-state index in [4.69, 9.17) is 5.73 Å². The van der Waals surface area contributed by atoms with E-state index in [9.17, 15) is 0 Å². The lowest BCUT2D eigenvalue weighted by Crippen LogP contribution is -1.96. The SMILES string of the molecule is C=C(C)c1sccc1CN. The summed E-state index contributed by atoms with van der Waals surface area (Å²) in [7, 11) is 0. The van der Waals surface area contributed by atoms with Gasteiger partial charge in [-0.1, -0.05) is 6.58 Å². The maximum atomic E-state index is 5.50. The Labute approximate surface area is 65.2 Å². The van der Waals surface area contributed by atoms with Gasteiger partial charge in [-0.05, 0) is 29.5 Å². The lowest BCUT2D eigenvalue weighted by atomic mass is 10.2. The maximum Gasteiger partial charge on any atom is 0.0338 e. The van der Waals surface area contributed by atoms with Gasteiger partial charge in [0.05, 0.1) is 0 Å². The Morgan fingerprint density at radius 2 is 2.50 bits per heavy atom. The van der Waals surface area contributed by atoms with Crippen molar-refractivity contribution in [2.45, 2.75) is 13.5 Å². The Morgan fingerprint density at radius 1 is 1.80 bits per heavy atom. The van der Waals surface area contributed by atoms with E-state index in [1.807, 2.05) is 12.3 Å². The molecular formula is C8H11NS. The van der Waals surface area contributed by atoms with Gasteiger partial charge in [-0.2, -0.15) is 0 Å². The van der Waals surface area contributed by atoms with Gasteiger partial charge in [-0.25, -0.2) is 0 Å². The monoisotopic (exact) mass is 153 g/mol. The van der Waals surface area contributed by atoms with Gasteiger partial charge in [0.25, 0.3) is 0 Å². The summed E-state index contributed by atoms with van der Waals surface area (Å²) in [5, 5.41) is 2.05. The Hall–Kier alpha value is -0.600. The zero-order valence-corrected chi connectivity index (χ0v) is 6.87. The summed E-state index contributed by atoms with van der Waals surface area (Å²) in [5.74, 6) is 0. The minimum Gasteiger partial charge on any atom is -0.326 e. The van der Waals surface area contributed by atoms with Crippen LogP contribution in [-0.2, 0) is 6.54 Å². The van der Waals surface area contributed by atoms with Gasteiger partial charge in [0.1, 0.15) is 0 Å². The fraction of sp³-hybridized carbons (Fsp3) is 0.250. The van der Waals surface area contributed by atoms with Crippen LogP contribution in [0.4, 0.5) is 0 Å². The number of allylic oxidation sites excluding steroid dienone is 1. The molecule has 0 radical (unpaired) electrons. The van der Waals surface area contributed by atoms with Crippen LogP contribution in [0.1, 0.15) is 17.4 Å². The molecule has 2 N–H and O–H groups in total. The molecule has 54 valence electrons. The summed E-state index contributed by atoms with van der Waals surface area (Å²) in [4.78, 5) is 1.24. The molecule has 0 aliphatic heterocycles. The fourth-order valence-electron chi connectivity index (χ4n) is 0.871. The van der Waals surface area contributed by atoms with Gasteiger partial charge in [0.2, 0.25) is 0 Å². The van der Waals surface area contributed by atoms with Crippen LogP contribution in [-0.4, -0.2) is 0 Å². The number of nitrogens with two attached hydrogens (primary N) is 1. The molecule has 0 spiro atoms. The molecule has 0 aliphatic carbocycles. The number of hydrogen-bond acceptors (Lipinski definition) is 2. The molecule has 0 aliphatic rings. The van der Waals surface area contributed by atoms with Crippen molar-refractivity contribution in [1.29, 1.82) is 0 Å². The van der Waals surface area contributed by atoms with Crippen molar-refractivity contribution in [3.8, 4) is 0 Å². The summed E-state index contributed by atoms with van der Waals surface area (Å²) in [6, 6.07) is 2.05. The molecule has 1 aromatic heterocycles. The fourth-order valence-corrected chi connectivity index (χ4v) is 1.74. The van der Waals surface area contributed by atoms with E-state index >= 15 is 0 Å². The Bertz CT molecular complexity index is 237. The summed E-state index contributed by atoms with van der Waals surface area (Å²) < 4.78 is 0. The van der Waals surface area contributed by atoms with Gasteiger partial charge in [-0.15, -0.1) is 11.3 Å². The predicted molar refractivity (Wildman–Crippen MR) is 46.9 cm³/mol. The molecular weight excluding hydrogens is 142 g/mol. The molecule has 1 aromatic rings. The number of thiophene rings is 1. The van der Waals surface area contributed by atoms with Crippen LogP contribution in [0.2, 0.25) is 0 Å². The predicted octanol–water partition coefficient (Wildman–Crippen LogP) is 2.24. The van der Waals surface area contributed by atoms with Crippen LogP contribution in [0.15, 0.2) is 18.0 Å². The molecule has 0 unspecified atom stereocenters. The minimum absolute atomic E-state index is 0.617. The second-order valence-electron chi connectivity index (χ2n) is 2.26. The molecule has 0 fully saturated rings. The van der Waals surface area contributed by atoms with Crippen LogP contribution in [0.25, 0.3) is 5.57 Å². The van der Waals surface area contributed by atoms with E-state index in [1.165, 1.54) is 10.4 Å². The Kier molecular flexibility index (Phi) is 2.25. The highest BCUT2D eigenvalue weighted by Crippen LogP contribution is 2.22. The first-order valence-electron chi connectivity index (χ1n) is 3.18. The largest absolute Gasteiger partial charge is 0.326 e. The second kappa shape index (κ2) is 2.99. The highest BCUT2D eigenvalue weighted by atomic mass is 32.1.